The fourth-order valence-electron chi connectivity index (χ4n) is 2.34. The van der Waals surface area contributed by atoms with Crippen LogP contribution >= 0.6 is 15.9 Å². The average molecular weight is 415 g/mol. The maximum absolute atomic E-state index is 14.2. The Labute approximate surface area is 159 Å². The summed E-state index contributed by atoms with van der Waals surface area (Å²) in [6.45, 7) is 0.571. The smallest absolute Gasteiger partial charge is 0.255 e. The Bertz CT molecular complexity index is 903. The molecule has 0 aliphatic heterocycles. The van der Waals surface area contributed by atoms with Gasteiger partial charge in [0.2, 0.25) is 0 Å². The minimum absolute atomic E-state index is 0.159. The van der Waals surface area contributed by atoms with E-state index in [1.807, 2.05) is 30.3 Å². The van der Waals surface area contributed by atoms with Crippen molar-refractivity contribution in [1.82, 2.24) is 4.98 Å². The number of ether oxygens (including phenoxy) is 1. The van der Waals surface area contributed by atoms with E-state index < -0.39 is 5.82 Å². The van der Waals surface area contributed by atoms with Crippen LogP contribution in [-0.4, -0.2) is 10.9 Å². The second-order valence-electron chi connectivity index (χ2n) is 5.61. The Morgan fingerprint density at radius 3 is 2.62 bits per heavy atom. The highest BCUT2D eigenvalue weighted by Crippen LogP contribution is 2.17. The van der Waals surface area contributed by atoms with Gasteiger partial charge in [0.1, 0.15) is 10.4 Å². The topological polar surface area (TPSA) is 51.2 Å². The molecule has 3 rings (SSSR count). The second-order valence-corrected chi connectivity index (χ2v) is 6.42. The molecule has 132 valence electrons. The molecule has 0 radical (unpaired) electrons. The van der Waals surface area contributed by atoms with Crippen molar-refractivity contribution in [2.45, 2.75) is 13.2 Å². The molecule has 2 aromatic carbocycles. The number of nitrogens with zero attached hydrogens (tertiary/aromatic N) is 1. The molecule has 26 heavy (non-hydrogen) atoms. The Balaban J connectivity index is 1.59. The van der Waals surface area contributed by atoms with Crippen LogP contribution in [0.3, 0.4) is 0 Å². The SMILES string of the molecule is O=C(Nc1ccc(COCc2ccccc2)c(F)c1)c1ccnc(Br)c1. The van der Waals surface area contributed by atoms with Gasteiger partial charge in [-0.3, -0.25) is 4.79 Å². The van der Waals surface area contributed by atoms with Crippen LogP contribution in [0.25, 0.3) is 0 Å². The highest BCUT2D eigenvalue weighted by atomic mass is 79.9. The molecule has 0 bridgehead atoms. The van der Waals surface area contributed by atoms with E-state index in [4.69, 9.17) is 4.74 Å². The molecule has 0 saturated carbocycles. The van der Waals surface area contributed by atoms with Crippen LogP contribution in [0.2, 0.25) is 0 Å². The molecule has 1 aromatic heterocycles. The van der Waals surface area contributed by atoms with E-state index in [1.165, 1.54) is 12.3 Å². The Morgan fingerprint density at radius 1 is 1.08 bits per heavy atom. The molecule has 1 N–H and O–H groups in total. The molecule has 0 fully saturated rings. The molecule has 1 heterocycles. The van der Waals surface area contributed by atoms with Gasteiger partial charge in [-0.1, -0.05) is 36.4 Å². The summed E-state index contributed by atoms with van der Waals surface area (Å²) in [6, 6.07) is 17.4. The second kappa shape index (κ2) is 8.69. The summed E-state index contributed by atoms with van der Waals surface area (Å²) in [6.07, 6.45) is 1.52. The fourth-order valence-corrected chi connectivity index (χ4v) is 2.71. The summed E-state index contributed by atoms with van der Waals surface area (Å²) >= 11 is 3.21. The first-order valence-electron chi connectivity index (χ1n) is 7.95. The maximum atomic E-state index is 14.2. The first-order chi connectivity index (χ1) is 12.6. The summed E-state index contributed by atoms with van der Waals surface area (Å²) in [7, 11) is 0. The Kier molecular flexibility index (Phi) is 6.09. The van der Waals surface area contributed by atoms with E-state index in [9.17, 15) is 9.18 Å². The van der Waals surface area contributed by atoms with Gasteiger partial charge in [0, 0.05) is 23.0 Å². The highest BCUT2D eigenvalue weighted by molar-refractivity contribution is 9.10. The lowest BCUT2D eigenvalue weighted by atomic mass is 10.2. The van der Waals surface area contributed by atoms with E-state index in [0.717, 1.165) is 5.56 Å². The van der Waals surface area contributed by atoms with Crippen molar-refractivity contribution < 1.29 is 13.9 Å². The van der Waals surface area contributed by atoms with Crippen molar-refractivity contribution in [3.05, 3.63) is 94.0 Å². The number of nitrogens with one attached hydrogen (secondary N) is 1. The third-order valence-electron chi connectivity index (χ3n) is 3.67. The van der Waals surface area contributed by atoms with Crippen molar-refractivity contribution in [1.29, 1.82) is 0 Å². The van der Waals surface area contributed by atoms with Crippen molar-refractivity contribution >= 4 is 27.5 Å². The van der Waals surface area contributed by atoms with Gasteiger partial charge in [-0.25, -0.2) is 9.37 Å². The van der Waals surface area contributed by atoms with E-state index >= 15 is 0 Å². The Morgan fingerprint density at radius 2 is 1.88 bits per heavy atom. The quantitative estimate of drug-likeness (QED) is 0.580. The minimum atomic E-state index is -0.424. The zero-order chi connectivity index (χ0) is 18.4. The number of carbonyl (C=O) groups excluding carboxylic acids is 1. The summed E-state index contributed by atoms with van der Waals surface area (Å²) < 4.78 is 20.4. The summed E-state index contributed by atoms with van der Waals surface area (Å²) in [5.41, 5.74) is 2.28. The maximum Gasteiger partial charge on any atom is 0.255 e. The molecule has 0 aliphatic rings. The lowest BCUT2D eigenvalue weighted by Crippen LogP contribution is -2.12. The molecule has 6 heteroatoms. The number of pyridine rings is 1. The third kappa shape index (κ3) is 4.97. The third-order valence-corrected chi connectivity index (χ3v) is 4.10. The van der Waals surface area contributed by atoms with Gasteiger partial charge in [-0.15, -0.1) is 0 Å². The van der Waals surface area contributed by atoms with Crippen LogP contribution < -0.4 is 5.32 Å². The Hall–Kier alpha value is -2.57. The minimum Gasteiger partial charge on any atom is -0.372 e. The van der Waals surface area contributed by atoms with Crippen molar-refractivity contribution in [2.24, 2.45) is 0 Å². The van der Waals surface area contributed by atoms with E-state index in [2.05, 4.69) is 26.2 Å². The van der Waals surface area contributed by atoms with Crippen LogP contribution in [0, 0.1) is 5.82 Å². The number of amides is 1. The molecular weight excluding hydrogens is 399 g/mol. The molecular formula is C20H16BrFN2O2. The van der Waals surface area contributed by atoms with Gasteiger partial charge < -0.3 is 10.1 Å². The molecule has 0 saturated heterocycles. The zero-order valence-corrected chi connectivity index (χ0v) is 15.4. The molecule has 0 atom stereocenters. The van der Waals surface area contributed by atoms with Gasteiger partial charge >= 0.3 is 0 Å². The molecule has 1 amide bonds. The van der Waals surface area contributed by atoms with Gasteiger partial charge in [0.05, 0.1) is 13.2 Å². The van der Waals surface area contributed by atoms with Gasteiger partial charge in [-0.2, -0.15) is 0 Å². The summed E-state index contributed by atoms with van der Waals surface area (Å²) in [5, 5.41) is 2.67. The number of anilines is 1. The molecule has 0 spiro atoms. The largest absolute Gasteiger partial charge is 0.372 e. The van der Waals surface area contributed by atoms with Crippen LogP contribution in [0.4, 0.5) is 10.1 Å². The van der Waals surface area contributed by atoms with Crippen LogP contribution in [-0.2, 0) is 18.0 Å². The number of rotatable bonds is 6. The standard InChI is InChI=1S/C20H16BrFN2O2/c21-19-10-15(8-9-23-19)20(25)24-17-7-6-16(18(22)11-17)13-26-12-14-4-2-1-3-5-14/h1-11H,12-13H2,(H,24,25). The van der Waals surface area contributed by atoms with Gasteiger partial charge in [0.15, 0.2) is 0 Å². The molecule has 0 unspecified atom stereocenters. The number of hydrogen-bond donors (Lipinski definition) is 1. The average Bonchev–Trinajstić information content (AvgIpc) is 2.64. The molecule has 3 aromatic rings. The van der Waals surface area contributed by atoms with E-state index in [-0.39, 0.29) is 12.5 Å². The number of halogens is 2. The number of aromatic nitrogens is 1. The van der Waals surface area contributed by atoms with Crippen molar-refractivity contribution in [2.75, 3.05) is 5.32 Å². The molecule has 0 aliphatic carbocycles. The summed E-state index contributed by atoms with van der Waals surface area (Å²) in [5.74, 6) is -0.757. The monoisotopic (exact) mass is 414 g/mol. The van der Waals surface area contributed by atoms with Crippen LogP contribution in [0.15, 0.2) is 71.5 Å². The predicted molar refractivity (Wildman–Crippen MR) is 101 cm³/mol. The van der Waals surface area contributed by atoms with Crippen molar-refractivity contribution in [3.8, 4) is 0 Å². The van der Waals surface area contributed by atoms with Crippen LogP contribution in [0.5, 0.6) is 0 Å². The number of benzene rings is 2. The van der Waals surface area contributed by atoms with E-state index in [1.54, 1.807) is 24.3 Å². The fraction of sp³-hybridized carbons (Fsp3) is 0.100. The van der Waals surface area contributed by atoms with Crippen molar-refractivity contribution in [3.63, 3.8) is 0 Å². The lowest BCUT2D eigenvalue weighted by molar-refractivity contribution is 0.102. The first kappa shape index (κ1) is 18.2. The zero-order valence-electron chi connectivity index (χ0n) is 13.8. The lowest BCUT2D eigenvalue weighted by Gasteiger charge is -2.09. The summed E-state index contributed by atoms with van der Waals surface area (Å²) in [4.78, 5) is 16.2. The van der Waals surface area contributed by atoms with Gasteiger partial charge in [-0.05, 0) is 45.8 Å². The number of hydrogen-bond acceptors (Lipinski definition) is 3. The number of carbonyl (C=O) groups is 1. The predicted octanol–water partition coefficient (Wildman–Crippen LogP) is 4.95. The van der Waals surface area contributed by atoms with Crippen LogP contribution in [0.1, 0.15) is 21.5 Å². The van der Waals surface area contributed by atoms with E-state index in [0.29, 0.717) is 28.0 Å². The first-order valence-corrected chi connectivity index (χ1v) is 8.74. The highest BCUT2D eigenvalue weighted by Gasteiger charge is 2.09. The van der Waals surface area contributed by atoms with Gasteiger partial charge in [0.25, 0.3) is 5.91 Å². The molecule has 4 nitrogen and oxygen atoms in total. The normalized spacial score (nSPS) is 10.5.